The third kappa shape index (κ3) is 4.51. The molecule has 21 heavy (non-hydrogen) atoms. The van der Waals surface area contributed by atoms with Gasteiger partial charge < -0.3 is 14.5 Å². The highest BCUT2D eigenvalue weighted by Gasteiger charge is 2.09. The first-order valence-corrected chi connectivity index (χ1v) is 7.65. The normalized spacial score (nSPS) is 10.9. The summed E-state index contributed by atoms with van der Waals surface area (Å²) in [7, 11) is 0. The summed E-state index contributed by atoms with van der Waals surface area (Å²) in [6.45, 7) is 8.36. The zero-order chi connectivity index (χ0) is 15.2. The number of ether oxygens (including phenoxy) is 1. The van der Waals surface area contributed by atoms with Crippen LogP contribution >= 0.6 is 11.6 Å². The van der Waals surface area contributed by atoms with Crippen LogP contribution in [0, 0.1) is 13.8 Å². The molecule has 0 spiro atoms. The van der Waals surface area contributed by atoms with E-state index in [1.54, 1.807) is 0 Å². The van der Waals surface area contributed by atoms with Gasteiger partial charge in [0.05, 0.1) is 6.54 Å². The van der Waals surface area contributed by atoms with E-state index in [1.165, 1.54) is 0 Å². The van der Waals surface area contributed by atoms with E-state index in [4.69, 9.17) is 20.8 Å². The van der Waals surface area contributed by atoms with Crippen molar-refractivity contribution in [1.29, 1.82) is 0 Å². The first-order valence-electron chi connectivity index (χ1n) is 7.28. The van der Waals surface area contributed by atoms with E-state index in [0.717, 1.165) is 47.9 Å². The first kappa shape index (κ1) is 15.9. The van der Waals surface area contributed by atoms with Crippen LogP contribution in [0.2, 0.25) is 5.02 Å². The lowest BCUT2D eigenvalue weighted by atomic mass is 10.2. The van der Waals surface area contributed by atoms with Crippen molar-refractivity contribution < 1.29 is 9.15 Å². The Bertz CT molecular complexity index is 592. The van der Waals surface area contributed by atoms with E-state index in [0.29, 0.717) is 11.6 Å². The predicted octanol–water partition coefficient (Wildman–Crippen LogP) is 4.63. The zero-order valence-corrected chi connectivity index (χ0v) is 13.6. The molecule has 3 nitrogen and oxygen atoms in total. The van der Waals surface area contributed by atoms with Crippen molar-refractivity contribution in [3.63, 3.8) is 0 Å². The molecule has 1 aromatic heterocycles. The van der Waals surface area contributed by atoms with E-state index < -0.39 is 0 Å². The van der Waals surface area contributed by atoms with Crippen LogP contribution in [0.5, 0.6) is 5.75 Å². The van der Waals surface area contributed by atoms with Crippen molar-refractivity contribution in [2.24, 2.45) is 0 Å². The molecule has 0 unspecified atom stereocenters. The largest absolute Gasteiger partial charge is 0.488 e. The van der Waals surface area contributed by atoms with Gasteiger partial charge in [0.25, 0.3) is 0 Å². The predicted molar refractivity (Wildman–Crippen MR) is 86.0 cm³/mol. The van der Waals surface area contributed by atoms with Crippen molar-refractivity contribution >= 4 is 11.6 Å². The fraction of sp³-hybridized carbons (Fsp3) is 0.412. The Labute approximate surface area is 131 Å². The number of hydrogen-bond acceptors (Lipinski definition) is 3. The molecule has 0 saturated carbocycles. The van der Waals surface area contributed by atoms with Gasteiger partial charge in [-0.15, -0.1) is 0 Å². The van der Waals surface area contributed by atoms with Crippen molar-refractivity contribution in [2.45, 2.75) is 40.3 Å². The van der Waals surface area contributed by atoms with Crippen molar-refractivity contribution in [1.82, 2.24) is 5.32 Å². The van der Waals surface area contributed by atoms with Gasteiger partial charge in [-0.1, -0.05) is 24.6 Å². The van der Waals surface area contributed by atoms with Gasteiger partial charge in [0.1, 0.15) is 23.9 Å². The lowest BCUT2D eigenvalue weighted by Gasteiger charge is -2.08. The van der Waals surface area contributed by atoms with Crippen molar-refractivity contribution in [3.05, 3.63) is 51.9 Å². The standard InChI is InChI=1S/C17H22ClNO2/c1-4-7-19-10-16-8-14(13(3)21-16)11-20-17-9-15(18)6-5-12(17)2/h5-6,8-9,19H,4,7,10-11H2,1-3H3. The highest BCUT2D eigenvalue weighted by atomic mass is 35.5. The van der Waals surface area contributed by atoms with E-state index in [2.05, 4.69) is 18.3 Å². The molecule has 114 valence electrons. The number of hydrogen-bond donors (Lipinski definition) is 1. The number of nitrogens with one attached hydrogen (secondary N) is 1. The van der Waals surface area contributed by atoms with Gasteiger partial charge in [0, 0.05) is 10.6 Å². The Morgan fingerprint density at radius 3 is 2.81 bits per heavy atom. The maximum atomic E-state index is 6.00. The molecule has 4 heteroatoms. The van der Waals surface area contributed by atoms with Crippen LogP contribution in [0.3, 0.4) is 0 Å². The summed E-state index contributed by atoms with van der Waals surface area (Å²) in [5.41, 5.74) is 2.15. The molecular weight excluding hydrogens is 286 g/mol. The molecule has 0 amide bonds. The molecule has 0 aliphatic carbocycles. The van der Waals surface area contributed by atoms with Crippen LogP contribution in [-0.4, -0.2) is 6.54 Å². The lowest BCUT2D eigenvalue weighted by Crippen LogP contribution is -2.13. The van der Waals surface area contributed by atoms with Gasteiger partial charge in [-0.3, -0.25) is 0 Å². The third-order valence-corrected chi connectivity index (χ3v) is 3.57. The Balaban J connectivity index is 1.98. The molecule has 1 heterocycles. The van der Waals surface area contributed by atoms with Gasteiger partial charge in [-0.25, -0.2) is 0 Å². The Kier molecular flexibility index (Phi) is 5.71. The molecule has 0 bridgehead atoms. The minimum absolute atomic E-state index is 0.490. The summed E-state index contributed by atoms with van der Waals surface area (Å²) in [6, 6.07) is 7.72. The van der Waals surface area contributed by atoms with Gasteiger partial charge in [-0.2, -0.15) is 0 Å². The minimum atomic E-state index is 0.490. The molecule has 0 radical (unpaired) electrons. The molecule has 2 aromatic rings. The van der Waals surface area contributed by atoms with Crippen LogP contribution in [-0.2, 0) is 13.2 Å². The summed E-state index contributed by atoms with van der Waals surface area (Å²) in [5.74, 6) is 2.67. The van der Waals surface area contributed by atoms with Gasteiger partial charge >= 0.3 is 0 Å². The summed E-state index contributed by atoms with van der Waals surface area (Å²) >= 11 is 6.00. The van der Waals surface area contributed by atoms with E-state index in [-0.39, 0.29) is 0 Å². The van der Waals surface area contributed by atoms with Crippen molar-refractivity contribution in [2.75, 3.05) is 6.54 Å². The van der Waals surface area contributed by atoms with Gasteiger partial charge in [0.15, 0.2) is 0 Å². The topological polar surface area (TPSA) is 34.4 Å². The maximum absolute atomic E-state index is 6.00. The minimum Gasteiger partial charge on any atom is -0.488 e. The van der Waals surface area contributed by atoms with Gasteiger partial charge in [0.2, 0.25) is 0 Å². The number of furan rings is 1. The van der Waals surface area contributed by atoms with E-state index >= 15 is 0 Å². The third-order valence-electron chi connectivity index (χ3n) is 3.33. The second-order valence-electron chi connectivity index (χ2n) is 5.17. The fourth-order valence-electron chi connectivity index (χ4n) is 2.09. The highest BCUT2D eigenvalue weighted by molar-refractivity contribution is 6.30. The number of aryl methyl sites for hydroxylation is 2. The molecule has 0 atom stereocenters. The van der Waals surface area contributed by atoms with Crippen LogP contribution < -0.4 is 10.1 Å². The Morgan fingerprint density at radius 1 is 1.24 bits per heavy atom. The average Bonchev–Trinajstić information content (AvgIpc) is 2.80. The maximum Gasteiger partial charge on any atom is 0.124 e. The summed E-state index contributed by atoms with van der Waals surface area (Å²) < 4.78 is 11.6. The summed E-state index contributed by atoms with van der Waals surface area (Å²) in [5, 5.41) is 4.01. The molecule has 2 rings (SSSR count). The van der Waals surface area contributed by atoms with E-state index in [9.17, 15) is 0 Å². The van der Waals surface area contributed by atoms with Crippen LogP contribution in [0.1, 0.15) is 36.0 Å². The molecule has 0 saturated heterocycles. The second-order valence-corrected chi connectivity index (χ2v) is 5.61. The van der Waals surface area contributed by atoms with Crippen LogP contribution in [0.25, 0.3) is 0 Å². The smallest absolute Gasteiger partial charge is 0.124 e. The van der Waals surface area contributed by atoms with Gasteiger partial charge in [-0.05, 0) is 50.6 Å². The summed E-state index contributed by atoms with van der Waals surface area (Å²) in [6.07, 6.45) is 1.11. The van der Waals surface area contributed by atoms with Crippen LogP contribution in [0.4, 0.5) is 0 Å². The number of rotatable bonds is 7. The zero-order valence-electron chi connectivity index (χ0n) is 12.8. The average molecular weight is 308 g/mol. The lowest BCUT2D eigenvalue weighted by molar-refractivity contribution is 0.301. The fourth-order valence-corrected chi connectivity index (χ4v) is 2.25. The molecular formula is C17H22ClNO2. The molecule has 1 N–H and O–H groups in total. The second kappa shape index (κ2) is 7.53. The van der Waals surface area contributed by atoms with Crippen LogP contribution in [0.15, 0.2) is 28.7 Å². The quantitative estimate of drug-likeness (QED) is 0.757. The molecule has 0 aliphatic heterocycles. The Morgan fingerprint density at radius 2 is 2.05 bits per heavy atom. The number of benzene rings is 1. The number of halogens is 1. The van der Waals surface area contributed by atoms with Crippen molar-refractivity contribution in [3.8, 4) is 5.75 Å². The highest BCUT2D eigenvalue weighted by Crippen LogP contribution is 2.24. The SMILES string of the molecule is CCCNCc1cc(COc2cc(Cl)ccc2C)c(C)o1. The summed E-state index contributed by atoms with van der Waals surface area (Å²) in [4.78, 5) is 0. The molecule has 1 aromatic carbocycles. The monoisotopic (exact) mass is 307 g/mol. The Hall–Kier alpha value is -1.45. The first-order chi connectivity index (χ1) is 10.1. The molecule has 0 fully saturated rings. The van der Waals surface area contributed by atoms with E-state index in [1.807, 2.05) is 32.0 Å². The molecule has 0 aliphatic rings.